The Morgan fingerprint density at radius 1 is 0.500 bits per heavy atom. The van der Waals surface area contributed by atoms with Crippen molar-refractivity contribution >= 4 is 75.5 Å². The molecule has 0 fully saturated rings. The number of rotatable bonds is 8. The van der Waals surface area contributed by atoms with Crippen molar-refractivity contribution < 1.29 is 19.7 Å². The van der Waals surface area contributed by atoms with E-state index in [1.54, 1.807) is 20.3 Å². The highest BCUT2D eigenvalue weighted by molar-refractivity contribution is 9.11. The molecule has 0 spiro atoms. The zero-order valence-electron chi connectivity index (χ0n) is 33.9. The Morgan fingerprint density at radius 3 is 1.48 bits per heavy atom. The number of ether oxygens (including phenoxy) is 2. The number of aryl methyl sites for hydroxylation is 4. The van der Waals surface area contributed by atoms with Gasteiger partial charge in [-0.05, 0) is 96.7 Å². The van der Waals surface area contributed by atoms with Crippen LogP contribution >= 0.6 is 31.9 Å². The van der Waals surface area contributed by atoms with Gasteiger partial charge in [-0.3, -0.25) is 0 Å². The number of hydrogen-bond donors (Lipinski definition) is 2. The first kappa shape index (κ1) is 43.8. The van der Waals surface area contributed by atoms with E-state index in [1.807, 2.05) is 85.8 Å². The van der Waals surface area contributed by atoms with Gasteiger partial charge in [0, 0.05) is 48.8 Å². The van der Waals surface area contributed by atoms with Crippen LogP contribution in [0.5, 0.6) is 23.0 Å². The molecule has 0 atom stereocenters. The van der Waals surface area contributed by atoms with E-state index >= 15 is 0 Å². The lowest BCUT2D eigenvalue weighted by Gasteiger charge is -2.07. The molecule has 0 amide bonds. The summed E-state index contributed by atoms with van der Waals surface area (Å²) in [6, 6.07) is 35.5. The number of halogens is 2. The van der Waals surface area contributed by atoms with E-state index in [0.717, 1.165) is 110 Å². The second-order valence-electron chi connectivity index (χ2n) is 13.6. The molecule has 0 bridgehead atoms. The van der Waals surface area contributed by atoms with Crippen molar-refractivity contribution in [2.45, 2.75) is 66.2 Å². The molecule has 8 aromatic rings. The molecule has 4 aromatic carbocycles. The van der Waals surface area contributed by atoms with Crippen LogP contribution in [0.3, 0.4) is 0 Å². The Morgan fingerprint density at radius 2 is 0.948 bits per heavy atom. The summed E-state index contributed by atoms with van der Waals surface area (Å²) in [4.78, 5) is 17.9. The van der Waals surface area contributed by atoms with Crippen molar-refractivity contribution in [2.75, 3.05) is 14.2 Å². The quantitative estimate of drug-likeness (QED) is 0.155. The van der Waals surface area contributed by atoms with Gasteiger partial charge in [0.2, 0.25) is 0 Å². The van der Waals surface area contributed by atoms with Crippen LogP contribution in [0.25, 0.3) is 43.6 Å². The number of pyridine rings is 4. The third-order valence-corrected chi connectivity index (χ3v) is 10.5. The van der Waals surface area contributed by atoms with Gasteiger partial charge in [-0.1, -0.05) is 111 Å². The first-order valence-corrected chi connectivity index (χ1v) is 21.1. The van der Waals surface area contributed by atoms with Gasteiger partial charge in [0.25, 0.3) is 0 Å². The van der Waals surface area contributed by atoms with Crippen molar-refractivity contribution in [3.63, 3.8) is 0 Å². The molecule has 10 heteroatoms. The van der Waals surface area contributed by atoms with E-state index in [4.69, 9.17) is 9.47 Å². The smallest absolute Gasteiger partial charge is 0.156 e. The predicted octanol–water partition coefficient (Wildman–Crippen LogP) is 13.1. The zero-order chi connectivity index (χ0) is 41.6. The Labute approximate surface area is 357 Å². The van der Waals surface area contributed by atoms with Crippen LogP contribution in [0.15, 0.2) is 118 Å². The number of benzene rings is 4. The fourth-order valence-electron chi connectivity index (χ4n) is 6.31. The minimum Gasteiger partial charge on any atom is -0.506 e. The molecular formula is C48H50Br2N4O4. The number of methoxy groups -OCH3 is 2. The van der Waals surface area contributed by atoms with Gasteiger partial charge < -0.3 is 19.7 Å². The first-order valence-electron chi connectivity index (χ1n) is 19.5. The fraction of sp³-hybridized carbons (Fsp3) is 0.250. The van der Waals surface area contributed by atoms with Crippen LogP contribution in [-0.2, 0) is 19.3 Å². The minimum absolute atomic E-state index is 0.205. The van der Waals surface area contributed by atoms with E-state index < -0.39 is 0 Å². The summed E-state index contributed by atoms with van der Waals surface area (Å²) in [6.07, 6.45) is 6.16. The Hall–Kier alpha value is -5.32. The lowest BCUT2D eigenvalue weighted by Crippen LogP contribution is -1.92. The maximum absolute atomic E-state index is 9.95. The van der Waals surface area contributed by atoms with Crippen molar-refractivity contribution in [2.24, 2.45) is 0 Å². The lowest BCUT2D eigenvalue weighted by atomic mass is 10.1. The van der Waals surface area contributed by atoms with Crippen LogP contribution in [0, 0.1) is 6.92 Å². The molecule has 2 N–H and O–H groups in total. The molecule has 0 aliphatic carbocycles. The van der Waals surface area contributed by atoms with Gasteiger partial charge in [0.15, 0.2) is 5.75 Å². The highest BCUT2D eigenvalue weighted by atomic mass is 79.9. The summed E-state index contributed by atoms with van der Waals surface area (Å²) in [6.45, 7) is 8.37. The molecular weight excluding hydrogens is 856 g/mol. The number of fused-ring (bicyclic) bond motifs is 4. The van der Waals surface area contributed by atoms with Gasteiger partial charge >= 0.3 is 0 Å². The molecule has 0 aliphatic heterocycles. The summed E-state index contributed by atoms with van der Waals surface area (Å²) in [5.41, 5.74) is 7.45. The van der Waals surface area contributed by atoms with Crippen LogP contribution in [-0.4, -0.2) is 44.4 Å². The Kier molecular flexibility index (Phi) is 16.2. The molecule has 0 aliphatic rings. The maximum atomic E-state index is 9.95. The van der Waals surface area contributed by atoms with Gasteiger partial charge in [-0.15, -0.1) is 0 Å². The molecule has 0 saturated carbocycles. The molecule has 8 rings (SSSR count). The van der Waals surface area contributed by atoms with E-state index in [2.05, 4.69) is 96.8 Å². The third-order valence-electron chi connectivity index (χ3n) is 9.19. The zero-order valence-corrected chi connectivity index (χ0v) is 37.1. The largest absolute Gasteiger partial charge is 0.506 e. The molecule has 4 aromatic heterocycles. The van der Waals surface area contributed by atoms with Gasteiger partial charge in [-0.2, -0.15) is 0 Å². The SMILES string of the molecule is CCCc1ccc2c(Br)cc(Br)c(O)c2n1.CCCc1ccc2cccc(O)c2n1.CCCc1ccc2cccc(OC)c2n1.COc1cccc2ccc(C)nc12. The van der Waals surface area contributed by atoms with Crippen molar-refractivity contribution in [1.82, 2.24) is 19.9 Å². The first-order chi connectivity index (χ1) is 28.1. The maximum Gasteiger partial charge on any atom is 0.156 e. The van der Waals surface area contributed by atoms with Gasteiger partial charge in [0.05, 0.1) is 18.7 Å². The van der Waals surface area contributed by atoms with Crippen molar-refractivity contribution in [3.8, 4) is 23.0 Å². The molecule has 0 unspecified atom stereocenters. The molecule has 58 heavy (non-hydrogen) atoms. The summed E-state index contributed by atoms with van der Waals surface area (Å²) in [5.74, 6) is 2.16. The molecule has 8 nitrogen and oxygen atoms in total. The Balaban J connectivity index is 0.000000148. The van der Waals surface area contributed by atoms with Crippen LogP contribution in [0.2, 0.25) is 0 Å². The number of nitrogens with zero attached hydrogens (tertiary/aromatic N) is 4. The number of phenolic OH excluding ortho intramolecular Hbond substituents is 2. The van der Waals surface area contributed by atoms with E-state index in [1.165, 1.54) is 0 Å². The summed E-state index contributed by atoms with van der Waals surface area (Å²) in [5, 5.41) is 23.7. The van der Waals surface area contributed by atoms with Crippen molar-refractivity contribution in [1.29, 1.82) is 0 Å². The highest BCUT2D eigenvalue weighted by Gasteiger charge is 2.10. The number of hydrogen-bond acceptors (Lipinski definition) is 8. The molecule has 300 valence electrons. The standard InChI is InChI=1S/C13H15NO.C12H11Br2NO.C12H13NO.C11H11NO/c1-3-5-11-9-8-10-6-4-7-12(15-2)13(10)14-11;1-2-3-7-4-5-8-9(13)6-10(14)12(16)11(8)15-7;1-2-4-10-8-7-9-5-3-6-11(14)12(9)13-10;1-8-6-7-9-4-3-5-10(13-2)11(9)12-8/h4,6-9H,3,5H2,1-2H3;4-6,16H,2-3H2,1H3;3,5-8,14H,2,4H2,1H3;3-7H,1-2H3. The van der Waals surface area contributed by atoms with E-state index in [-0.39, 0.29) is 11.5 Å². The summed E-state index contributed by atoms with van der Waals surface area (Å²) in [7, 11) is 3.35. The van der Waals surface area contributed by atoms with Gasteiger partial charge in [0.1, 0.15) is 39.3 Å². The van der Waals surface area contributed by atoms with Crippen LogP contribution in [0.1, 0.15) is 62.8 Å². The Bertz CT molecular complexity index is 2620. The second-order valence-corrected chi connectivity index (χ2v) is 15.3. The molecule has 0 radical (unpaired) electrons. The van der Waals surface area contributed by atoms with Crippen LogP contribution in [0.4, 0.5) is 0 Å². The second kappa shape index (κ2) is 21.4. The number of para-hydroxylation sites is 3. The monoisotopic (exact) mass is 904 g/mol. The summed E-state index contributed by atoms with van der Waals surface area (Å²) < 4.78 is 12.1. The average molecular weight is 907 g/mol. The van der Waals surface area contributed by atoms with Crippen LogP contribution < -0.4 is 9.47 Å². The highest BCUT2D eigenvalue weighted by Crippen LogP contribution is 2.36. The predicted molar refractivity (Wildman–Crippen MR) is 246 cm³/mol. The van der Waals surface area contributed by atoms with E-state index in [0.29, 0.717) is 15.5 Å². The number of phenols is 2. The van der Waals surface area contributed by atoms with Crippen molar-refractivity contribution in [3.05, 3.63) is 141 Å². The third kappa shape index (κ3) is 11.2. The normalized spacial score (nSPS) is 10.6. The fourth-order valence-corrected chi connectivity index (χ4v) is 7.58. The average Bonchev–Trinajstić information content (AvgIpc) is 3.24. The molecule has 0 saturated heterocycles. The minimum atomic E-state index is 0.205. The topological polar surface area (TPSA) is 110 Å². The summed E-state index contributed by atoms with van der Waals surface area (Å²) >= 11 is 6.77. The van der Waals surface area contributed by atoms with E-state index in [9.17, 15) is 10.2 Å². The lowest BCUT2D eigenvalue weighted by molar-refractivity contribution is 0.418. The molecule has 4 heterocycles. The van der Waals surface area contributed by atoms with Gasteiger partial charge in [-0.25, -0.2) is 19.9 Å². The number of aromatic nitrogens is 4. The number of aromatic hydroxyl groups is 2.